The van der Waals surface area contributed by atoms with Gasteiger partial charge in [0, 0.05) is 5.02 Å². The second-order valence-electron chi connectivity index (χ2n) is 5.16. The molecule has 2 aromatic rings. The highest BCUT2D eigenvalue weighted by molar-refractivity contribution is 7.89. The third-order valence-electron chi connectivity index (χ3n) is 3.31. The molecule has 1 atom stereocenters. The van der Waals surface area contributed by atoms with Gasteiger partial charge in [0.25, 0.3) is 0 Å². The highest BCUT2D eigenvalue weighted by atomic mass is 35.5. The van der Waals surface area contributed by atoms with Gasteiger partial charge in [0.1, 0.15) is 5.54 Å². The Bertz CT molecular complexity index is 809. The number of benzene rings is 2. The van der Waals surface area contributed by atoms with E-state index in [2.05, 4.69) is 4.72 Å². The van der Waals surface area contributed by atoms with E-state index in [1.54, 1.807) is 36.4 Å². The lowest BCUT2D eigenvalue weighted by atomic mass is 9.95. The molecule has 0 aromatic heterocycles. The summed E-state index contributed by atoms with van der Waals surface area (Å²) in [6, 6.07) is 15.0. The molecule has 0 bridgehead atoms. The van der Waals surface area contributed by atoms with Gasteiger partial charge in [-0.3, -0.25) is 0 Å². The van der Waals surface area contributed by atoms with Gasteiger partial charge in [-0.05, 0) is 43.7 Å². The van der Waals surface area contributed by atoms with Gasteiger partial charge in [-0.25, -0.2) is 8.42 Å². The Balaban J connectivity index is 2.39. The maximum absolute atomic E-state index is 12.5. The van der Waals surface area contributed by atoms with E-state index in [1.807, 2.05) is 13.0 Å². The normalized spacial score (nSPS) is 14.1. The monoisotopic (exact) mass is 334 g/mol. The summed E-state index contributed by atoms with van der Waals surface area (Å²) in [6.45, 7) is 3.39. The fourth-order valence-corrected chi connectivity index (χ4v) is 3.41. The van der Waals surface area contributed by atoms with Crippen LogP contribution in [-0.2, 0) is 15.6 Å². The molecule has 22 heavy (non-hydrogen) atoms. The molecule has 1 N–H and O–H groups in total. The first-order valence-electron chi connectivity index (χ1n) is 6.55. The van der Waals surface area contributed by atoms with Gasteiger partial charge in [-0.15, -0.1) is 0 Å². The van der Waals surface area contributed by atoms with E-state index in [1.165, 1.54) is 19.1 Å². The van der Waals surface area contributed by atoms with Crippen molar-refractivity contribution in [1.29, 1.82) is 5.26 Å². The summed E-state index contributed by atoms with van der Waals surface area (Å²) in [5.74, 6) is 0. The molecule has 1 unspecified atom stereocenters. The molecular weight excluding hydrogens is 320 g/mol. The molecule has 114 valence electrons. The quantitative estimate of drug-likeness (QED) is 0.932. The molecule has 6 heteroatoms. The minimum absolute atomic E-state index is 0.119. The van der Waals surface area contributed by atoms with Crippen LogP contribution in [0, 0.1) is 18.3 Å². The Hall–Kier alpha value is -1.87. The van der Waals surface area contributed by atoms with Crippen molar-refractivity contribution in [2.45, 2.75) is 24.3 Å². The van der Waals surface area contributed by atoms with Crippen molar-refractivity contribution in [2.75, 3.05) is 0 Å². The number of halogens is 1. The first-order chi connectivity index (χ1) is 10.3. The van der Waals surface area contributed by atoms with Crippen LogP contribution in [0.15, 0.2) is 53.4 Å². The van der Waals surface area contributed by atoms with Crippen LogP contribution in [-0.4, -0.2) is 8.42 Å². The van der Waals surface area contributed by atoms with E-state index >= 15 is 0 Å². The van der Waals surface area contributed by atoms with Gasteiger partial charge >= 0.3 is 0 Å². The highest BCUT2D eigenvalue weighted by Gasteiger charge is 2.32. The zero-order valence-electron chi connectivity index (χ0n) is 12.2. The van der Waals surface area contributed by atoms with E-state index < -0.39 is 15.6 Å². The number of hydrogen-bond donors (Lipinski definition) is 1. The van der Waals surface area contributed by atoms with Crippen LogP contribution in [0.2, 0.25) is 5.02 Å². The minimum atomic E-state index is -3.81. The van der Waals surface area contributed by atoms with Crippen LogP contribution in [0.25, 0.3) is 0 Å². The van der Waals surface area contributed by atoms with Crippen LogP contribution in [0.1, 0.15) is 18.1 Å². The van der Waals surface area contributed by atoms with Gasteiger partial charge in [0.2, 0.25) is 10.0 Å². The van der Waals surface area contributed by atoms with Crippen molar-refractivity contribution in [3.63, 3.8) is 0 Å². The molecule has 0 saturated heterocycles. The number of hydrogen-bond acceptors (Lipinski definition) is 3. The Labute approximate surface area is 135 Å². The lowest BCUT2D eigenvalue weighted by Crippen LogP contribution is -2.42. The fraction of sp³-hybridized carbons (Fsp3) is 0.188. The predicted octanol–water partition coefficient (Wildman–Crippen LogP) is 3.37. The summed E-state index contributed by atoms with van der Waals surface area (Å²) in [6.07, 6.45) is 0. The molecule has 0 fully saturated rings. The molecule has 0 aliphatic heterocycles. The fourth-order valence-electron chi connectivity index (χ4n) is 1.97. The van der Waals surface area contributed by atoms with Crippen molar-refractivity contribution in [1.82, 2.24) is 4.72 Å². The van der Waals surface area contributed by atoms with Crippen LogP contribution in [0.3, 0.4) is 0 Å². The largest absolute Gasteiger partial charge is 0.242 e. The van der Waals surface area contributed by atoms with Crippen molar-refractivity contribution in [3.8, 4) is 6.07 Å². The standard InChI is InChI=1S/C16H15ClN2O2S/c1-12-3-9-15(10-4-12)22(20,21)19-16(2,11-18)13-5-7-14(17)8-6-13/h3-10,19H,1-2H3. The predicted molar refractivity (Wildman–Crippen MR) is 85.9 cm³/mol. The second-order valence-corrected chi connectivity index (χ2v) is 7.28. The smallest absolute Gasteiger partial charge is 0.207 e. The molecule has 2 aromatic carbocycles. The van der Waals surface area contributed by atoms with Crippen molar-refractivity contribution in [2.24, 2.45) is 0 Å². The van der Waals surface area contributed by atoms with Crippen molar-refractivity contribution < 1.29 is 8.42 Å². The number of sulfonamides is 1. The van der Waals surface area contributed by atoms with Gasteiger partial charge in [-0.2, -0.15) is 9.98 Å². The molecule has 0 radical (unpaired) electrons. The summed E-state index contributed by atoms with van der Waals surface area (Å²) in [5, 5.41) is 9.97. The number of aryl methyl sites for hydroxylation is 1. The summed E-state index contributed by atoms with van der Waals surface area (Å²) < 4.78 is 27.4. The molecule has 0 aliphatic rings. The van der Waals surface area contributed by atoms with Crippen molar-refractivity contribution in [3.05, 3.63) is 64.7 Å². The summed E-state index contributed by atoms with van der Waals surface area (Å²) in [4.78, 5) is 0.119. The zero-order chi connectivity index (χ0) is 16.4. The molecule has 0 heterocycles. The maximum atomic E-state index is 12.5. The average Bonchev–Trinajstić information content (AvgIpc) is 2.47. The third kappa shape index (κ3) is 3.47. The molecule has 2 rings (SSSR count). The third-order valence-corrected chi connectivity index (χ3v) is 5.14. The minimum Gasteiger partial charge on any atom is -0.207 e. The highest BCUT2D eigenvalue weighted by Crippen LogP contribution is 2.24. The van der Waals surface area contributed by atoms with Gasteiger partial charge in [-0.1, -0.05) is 41.4 Å². The Morgan fingerprint density at radius 2 is 1.64 bits per heavy atom. The molecule has 0 spiro atoms. The number of nitriles is 1. The van der Waals surface area contributed by atoms with Crippen LogP contribution in [0.4, 0.5) is 0 Å². The van der Waals surface area contributed by atoms with Gasteiger partial charge < -0.3 is 0 Å². The molecule has 0 aliphatic carbocycles. The Morgan fingerprint density at radius 3 is 2.14 bits per heavy atom. The zero-order valence-corrected chi connectivity index (χ0v) is 13.7. The lowest BCUT2D eigenvalue weighted by molar-refractivity contribution is 0.524. The Morgan fingerprint density at radius 1 is 1.09 bits per heavy atom. The summed E-state index contributed by atoms with van der Waals surface area (Å²) in [5.41, 5.74) is 0.101. The topological polar surface area (TPSA) is 70.0 Å². The average molecular weight is 335 g/mol. The van der Waals surface area contributed by atoms with E-state index in [0.29, 0.717) is 10.6 Å². The number of nitrogens with one attached hydrogen (secondary N) is 1. The lowest BCUT2D eigenvalue weighted by Gasteiger charge is -2.23. The first-order valence-corrected chi connectivity index (χ1v) is 8.41. The van der Waals surface area contributed by atoms with E-state index in [-0.39, 0.29) is 4.90 Å². The first kappa shape index (κ1) is 16.5. The molecule has 0 amide bonds. The van der Waals surface area contributed by atoms with E-state index in [0.717, 1.165) is 5.56 Å². The van der Waals surface area contributed by atoms with Crippen LogP contribution >= 0.6 is 11.6 Å². The SMILES string of the molecule is Cc1ccc(S(=O)(=O)NC(C)(C#N)c2ccc(Cl)cc2)cc1. The van der Waals surface area contributed by atoms with E-state index in [9.17, 15) is 13.7 Å². The van der Waals surface area contributed by atoms with Gasteiger partial charge in [0.15, 0.2) is 0 Å². The Kier molecular flexibility index (Phi) is 4.57. The van der Waals surface area contributed by atoms with Crippen LogP contribution < -0.4 is 4.72 Å². The summed E-state index contributed by atoms with van der Waals surface area (Å²) in [7, 11) is -3.81. The number of nitrogens with zero attached hydrogens (tertiary/aromatic N) is 1. The molecular formula is C16H15ClN2O2S. The van der Waals surface area contributed by atoms with Gasteiger partial charge in [0.05, 0.1) is 11.0 Å². The number of rotatable bonds is 4. The van der Waals surface area contributed by atoms with E-state index in [4.69, 9.17) is 11.6 Å². The molecule has 0 saturated carbocycles. The van der Waals surface area contributed by atoms with Crippen molar-refractivity contribution >= 4 is 21.6 Å². The second kappa shape index (κ2) is 6.09. The maximum Gasteiger partial charge on any atom is 0.242 e. The van der Waals surface area contributed by atoms with Crippen LogP contribution in [0.5, 0.6) is 0 Å². The molecule has 4 nitrogen and oxygen atoms in total. The summed E-state index contributed by atoms with van der Waals surface area (Å²) >= 11 is 5.83.